The van der Waals surface area contributed by atoms with E-state index in [1.165, 1.54) is 0 Å². The summed E-state index contributed by atoms with van der Waals surface area (Å²) < 4.78 is 6.30. The summed E-state index contributed by atoms with van der Waals surface area (Å²) in [6.07, 6.45) is -0.614. The summed E-state index contributed by atoms with van der Waals surface area (Å²) in [5.74, 6) is -1.12. The molecular formula is C6H13NO2S. The molecule has 0 rings (SSSR count). The second-order valence-corrected chi connectivity index (χ2v) is 3.29. The lowest BCUT2D eigenvalue weighted by molar-refractivity contribution is -0.139. The molecule has 10 heavy (non-hydrogen) atoms. The highest BCUT2D eigenvalue weighted by atomic mass is 32.1. The third-order valence-electron chi connectivity index (χ3n) is 1.48. The van der Waals surface area contributed by atoms with Gasteiger partial charge < -0.3 is 10.8 Å². The zero-order valence-corrected chi connectivity index (χ0v) is 6.93. The Kier molecular flexibility index (Phi) is 2.56. The Hall–Kier alpha value is -0.220. The highest BCUT2D eigenvalue weighted by Gasteiger charge is 2.30. The van der Waals surface area contributed by atoms with Crippen molar-refractivity contribution in [3.05, 3.63) is 0 Å². The van der Waals surface area contributed by atoms with Crippen LogP contribution in [0.15, 0.2) is 0 Å². The van der Waals surface area contributed by atoms with Gasteiger partial charge in [0, 0.05) is 6.12 Å². The fourth-order valence-electron chi connectivity index (χ4n) is 0.430. The molecule has 3 atom stereocenters. The minimum absolute atomic E-state index is 0.614. The Bertz CT molecular complexity index is 161. The van der Waals surface area contributed by atoms with E-state index in [4.69, 9.17) is 12.2 Å². The molecule has 3 N–H and O–H groups in total. The first-order valence-electron chi connectivity index (χ1n) is 3.51. The summed E-state index contributed by atoms with van der Waals surface area (Å²) in [5, 5.41) is 8.51. The lowest BCUT2D eigenvalue weighted by atomic mass is 9.99. The molecule has 0 spiro atoms. The third kappa shape index (κ3) is 2.19. The Labute approximate surface area is 67.4 Å². The molecule has 0 aromatic carbocycles. The van der Waals surface area contributed by atoms with Crippen molar-refractivity contribution in [2.24, 2.45) is 5.73 Å². The predicted octanol–water partition coefficient (Wildman–Crippen LogP) is 0.497. The average molecular weight is 164 g/mol. The normalized spacial score (nSPS) is 24.2. The fourth-order valence-corrected chi connectivity index (χ4v) is 0.540. The SMILES string of the molecule is [2H]C(C)C(C)(S)[C@H](N)C(=O)O. The van der Waals surface area contributed by atoms with Crippen molar-refractivity contribution in [3.8, 4) is 0 Å². The van der Waals surface area contributed by atoms with Gasteiger partial charge in [0.2, 0.25) is 0 Å². The quantitative estimate of drug-likeness (QED) is 0.532. The number of carboxylic acids is 1. The molecule has 0 radical (unpaired) electrons. The smallest absolute Gasteiger partial charge is 0.321 e. The van der Waals surface area contributed by atoms with Crippen LogP contribution in [-0.2, 0) is 4.79 Å². The van der Waals surface area contributed by atoms with Crippen LogP contribution in [0.2, 0.25) is 0 Å². The van der Waals surface area contributed by atoms with Crippen LogP contribution in [-0.4, -0.2) is 21.9 Å². The highest BCUT2D eigenvalue weighted by molar-refractivity contribution is 7.81. The van der Waals surface area contributed by atoms with E-state index in [1.54, 1.807) is 13.8 Å². The van der Waals surface area contributed by atoms with Crippen molar-refractivity contribution in [2.45, 2.75) is 31.0 Å². The van der Waals surface area contributed by atoms with Crippen molar-refractivity contribution in [1.29, 1.82) is 0 Å². The van der Waals surface area contributed by atoms with Gasteiger partial charge in [0.25, 0.3) is 0 Å². The number of thiol groups is 1. The number of hydrogen-bond donors (Lipinski definition) is 3. The van der Waals surface area contributed by atoms with Crippen molar-refractivity contribution < 1.29 is 11.3 Å². The van der Waals surface area contributed by atoms with Crippen molar-refractivity contribution in [2.75, 3.05) is 0 Å². The first-order chi connectivity index (χ1) is 4.80. The molecule has 0 aromatic heterocycles. The molecule has 0 saturated heterocycles. The van der Waals surface area contributed by atoms with E-state index < -0.39 is 23.2 Å². The van der Waals surface area contributed by atoms with Gasteiger partial charge >= 0.3 is 5.97 Å². The van der Waals surface area contributed by atoms with Crippen LogP contribution in [0.5, 0.6) is 0 Å². The molecule has 3 nitrogen and oxygen atoms in total. The summed E-state index contributed by atoms with van der Waals surface area (Å²) >= 11 is 4.02. The lowest BCUT2D eigenvalue weighted by Gasteiger charge is -2.25. The van der Waals surface area contributed by atoms with Crippen LogP contribution in [0, 0.1) is 0 Å². The van der Waals surface area contributed by atoms with Gasteiger partial charge in [0.15, 0.2) is 0 Å². The molecule has 0 aliphatic rings. The molecule has 0 fully saturated rings. The Morgan fingerprint density at radius 1 is 2.10 bits per heavy atom. The molecule has 0 saturated carbocycles. The van der Waals surface area contributed by atoms with Crippen molar-refractivity contribution >= 4 is 18.6 Å². The second-order valence-electron chi connectivity index (χ2n) is 2.33. The average Bonchev–Trinajstić information content (AvgIpc) is 1.85. The summed E-state index contributed by atoms with van der Waals surface area (Å²) in [5.41, 5.74) is 5.30. The summed E-state index contributed by atoms with van der Waals surface area (Å²) in [4.78, 5) is 10.4. The minimum atomic E-state index is -1.12. The summed E-state index contributed by atoms with van der Waals surface area (Å²) in [6.45, 7) is 3.11. The van der Waals surface area contributed by atoms with Crippen LogP contribution in [0.25, 0.3) is 0 Å². The van der Waals surface area contributed by atoms with Gasteiger partial charge in [-0.3, -0.25) is 4.79 Å². The number of aliphatic carboxylic acids is 1. The van der Waals surface area contributed by atoms with Gasteiger partial charge in [-0.15, -0.1) is 0 Å². The number of rotatable bonds is 3. The van der Waals surface area contributed by atoms with E-state index in [0.29, 0.717) is 0 Å². The van der Waals surface area contributed by atoms with Gasteiger partial charge in [0.05, 0.1) is 0 Å². The number of hydrogen-bond acceptors (Lipinski definition) is 3. The lowest BCUT2D eigenvalue weighted by Crippen LogP contribution is -2.46. The number of carboxylic acid groups (broad SMARTS) is 1. The molecule has 0 aromatic rings. The first kappa shape index (κ1) is 7.88. The first-order valence-corrected chi connectivity index (χ1v) is 3.38. The molecule has 0 heterocycles. The van der Waals surface area contributed by atoms with Crippen LogP contribution in [0.1, 0.15) is 21.6 Å². The van der Waals surface area contributed by atoms with Gasteiger partial charge in [-0.05, 0) is 13.3 Å². The zero-order chi connectivity index (χ0) is 9.23. The van der Waals surface area contributed by atoms with Crippen molar-refractivity contribution in [1.82, 2.24) is 0 Å². The van der Waals surface area contributed by atoms with Crippen LogP contribution in [0.3, 0.4) is 0 Å². The molecule has 0 aliphatic carbocycles. The zero-order valence-electron chi connectivity index (χ0n) is 7.03. The number of carbonyl (C=O) groups is 1. The second kappa shape index (κ2) is 3.25. The maximum absolute atomic E-state index is 10.4. The standard InChI is InChI=1S/C6H13NO2S/c1-3-6(2,10)4(7)5(8)9/h4,10H,3,7H2,1-2H3,(H,8,9)/t4-,6?/m1/s1/i3D/t3?,4-,6?. The highest BCUT2D eigenvalue weighted by Crippen LogP contribution is 2.21. The maximum atomic E-state index is 10.4. The summed E-state index contributed by atoms with van der Waals surface area (Å²) in [7, 11) is 0. The van der Waals surface area contributed by atoms with Crippen LogP contribution >= 0.6 is 12.6 Å². The largest absolute Gasteiger partial charge is 0.480 e. The number of nitrogens with two attached hydrogens (primary N) is 1. The summed E-state index contributed by atoms with van der Waals surface area (Å²) in [6, 6.07) is -1.10. The monoisotopic (exact) mass is 164 g/mol. The van der Waals surface area contributed by atoms with E-state index in [9.17, 15) is 4.79 Å². The molecular weight excluding hydrogens is 150 g/mol. The molecule has 2 unspecified atom stereocenters. The van der Waals surface area contributed by atoms with Gasteiger partial charge in [-0.25, -0.2) is 0 Å². The van der Waals surface area contributed by atoms with E-state index in [2.05, 4.69) is 12.6 Å². The van der Waals surface area contributed by atoms with Crippen LogP contribution in [0.4, 0.5) is 0 Å². The van der Waals surface area contributed by atoms with Crippen LogP contribution < -0.4 is 5.73 Å². The van der Waals surface area contributed by atoms with Crippen molar-refractivity contribution in [3.63, 3.8) is 0 Å². The fraction of sp³-hybridized carbons (Fsp3) is 0.833. The maximum Gasteiger partial charge on any atom is 0.321 e. The van der Waals surface area contributed by atoms with E-state index >= 15 is 0 Å². The topological polar surface area (TPSA) is 63.3 Å². The Morgan fingerprint density at radius 3 is 2.60 bits per heavy atom. The van der Waals surface area contributed by atoms with Gasteiger partial charge in [-0.1, -0.05) is 6.92 Å². The van der Waals surface area contributed by atoms with E-state index in [1.807, 2.05) is 0 Å². The van der Waals surface area contributed by atoms with Gasteiger partial charge in [0.1, 0.15) is 6.04 Å². The molecule has 4 heteroatoms. The molecule has 60 valence electrons. The Balaban J connectivity index is 4.41. The Morgan fingerprint density at radius 2 is 2.50 bits per heavy atom. The molecule has 0 amide bonds. The van der Waals surface area contributed by atoms with E-state index in [-0.39, 0.29) is 0 Å². The van der Waals surface area contributed by atoms with Gasteiger partial charge in [-0.2, -0.15) is 12.6 Å². The molecule has 0 aliphatic heterocycles. The molecule has 0 bridgehead atoms. The minimum Gasteiger partial charge on any atom is -0.480 e. The van der Waals surface area contributed by atoms with E-state index in [0.717, 1.165) is 0 Å². The third-order valence-corrected chi connectivity index (χ3v) is 2.02. The predicted molar refractivity (Wildman–Crippen MR) is 43.3 cm³/mol.